The molecule has 2 atom stereocenters. The number of benzene rings is 1. The summed E-state index contributed by atoms with van der Waals surface area (Å²) in [5, 5.41) is 18.7. The molecule has 1 aliphatic carbocycles. The number of aromatic nitrogens is 2. The van der Waals surface area contributed by atoms with Crippen molar-refractivity contribution in [1.82, 2.24) is 9.78 Å². The van der Waals surface area contributed by atoms with E-state index in [2.05, 4.69) is 10.4 Å². The van der Waals surface area contributed by atoms with Crippen molar-refractivity contribution in [1.29, 1.82) is 0 Å². The molecule has 1 aromatic heterocycles. The van der Waals surface area contributed by atoms with E-state index in [9.17, 15) is 14.9 Å². The fourth-order valence-corrected chi connectivity index (χ4v) is 2.32. The zero-order valence-corrected chi connectivity index (χ0v) is 11.8. The van der Waals surface area contributed by atoms with Crippen LogP contribution in [0.1, 0.15) is 26.3 Å². The van der Waals surface area contributed by atoms with E-state index in [1.807, 2.05) is 36.9 Å². The van der Waals surface area contributed by atoms with Gasteiger partial charge in [0.25, 0.3) is 0 Å². The molecule has 0 radical (unpaired) electrons. The number of carbonyl (C=O) groups excluding carboxylic acids is 1. The van der Waals surface area contributed by atoms with E-state index in [-0.39, 0.29) is 16.9 Å². The molecular formula is C14H16N4O3. The quantitative estimate of drug-likeness (QED) is 0.690. The zero-order chi connectivity index (χ0) is 15.1. The van der Waals surface area contributed by atoms with Crippen molar-refractivity contribution >= 4 is 22.5 Å². The number of amides is 1. The molecule has 1 saturated carbocycles. The molecule has 1 N–H and O–H groups in total. The lowest BCUT2D eigenvalue weighted by molar-refractivity contribution is -0.497. The van der Waals surface area contributed by atoms with Gasteiger partial charge in [0.1, 0.15) is 5.92 Å². The number of hydrogen-bond donors (Lipinski definition) is 1. The average Bonchev–Trinajstić information content (AvgIpc) is 3.12. The lowest BCUT2D eigenvalue weighted by Gasteiger charge is -2.03. The maximum Gasteiger partial charge on any atom is 0.234 e. The molecule has 1 heterocycles. The van der Waals surface area contributed by atoms with E-state index >= 15 is 0 Å². The van der Waals surface area contributed by atoms with Gasteiger partial charge in [-0.25, -0.2) is 0 Å². The number of anilines is 1. The van der Waals surface area contributed by atoms with Crippen molar-refractivity contribution in [3.8, 4) is 0 Å². The summed E-state index contributed by atoms with van der Waals surface area (Å²) in [4.78, 5) is 22.1. The third kappa shape index (κ3) is 2.58. The van der Waals surface area contributed by atoms with Crippen LogP contribution in [0.2, 0.25) is 0 Å². The first kappa shape index (κ1) is 13.5. The van der Waals surface area contributed by atoms with Crippen molar-refractivity contribution in [2.75, 3.05) is 5.32 Å². The molecule has 7 nitrogen and oxygen atoms in total. The van der Waals surface area contributed by atoms with Gasteiger partial charge in [0.05, 0.1) is 5.52 Å². The molecule has 3 rings (SSSR count). The van der Waals surface area contributed by atoms with Gasteiger partial charge in [0, 0.05) is 34.7 Å². The molecule has 1 aliphatic rings. The molecule has 0 saturated heterocycles. The van der Waals surface area contributed by atoms with Gasteiger partial charge >= 0.3 is 0 Å². The minimum atomic E-state index is -0.725. The van der Waals surface area contributed by atoms with E-state index in [0.717, 1.165) is 10.9 Å². The summed E-state index contributed by atoms with van der Waals surface area (Å²) in [7, 11) is 0. The van der Waals surface area contributed by atoms with Crippen LogP contribution >= 0.6 is 0 Å². The van der Waals surface area contributed by atoms with Gasteiger partial charge in [-0.15, -0.1) is 0 Å². The molecule has 110 valence electrons. The molecule has 2 aromatic rings. The standard InChI is InChI=1S/C14H16N4O3/c1-8(2)17-7-9-5-10(3-4-12(9)16-17)15-14(19)11-6-13(11)18(20)21/h3-5,7-8,11,13H,6H2,1-2H3,(H,15,19). The summed E-state index contributed by atoms with van der Waals surface area (Å²) in [5.41, 5.74) is 1.50. The zero-order valence-electron chi connectivity index (χ0n) is 11.8. The molecule has 0 aliphatic heterocycles. The SMILES string of the molecule is CC(C)n1cc2cc(NC(=O)C3CC3[N+](=O)[O-])ccc2n1. The Morgan fingerprint density at radius 3 is 2.90 bits per heavy atom. The van der Waals surface area contributed by atoms with Gasteiger partial charge in [0.15, 0.2) is 0 Å². The number of nitro groups is 1. The van der Waals surface area contributed by atoms with Gasteiger partial charge in [-0.1, -0.05) is 0 Å². The average molecular weight is 288 g/mol. The van der Waals surface area contributed by atoms with Crippen LogP contribution in [0, 0.1) is 16.0 Å². The predicted octanol–water partition coefficient (Wildman–Crippen LogP) is 2.22. The van der Waals surface area contributed by atoms with E-state index < -0.39 is 12.0 Å². The van der Waals surface area contributed by atoms with Crippen molar-refractivity contribution in [2.45, 2.75) is 32.4 Å². The summed E-state index contributed by atoms with van der Waals surface area (Å²) in [6.07, 6.45) is 2.25. The molecule has 1 aromatic carbocycles. The molecule has 1 amide bonds. The van der Waals surface area contributed by atoms with Crippen molar-refractivity contribution in [3.05, 3.63) is 34.5 Å². The second-order valence-corrected chi connectivity index (χ2v) is 5.66. The van der Waals surface area contributed by atoms with Crippen LogP contribution in [-0.4, -0.2) is 26.7 Å². The Morgan fingerprint density at radius 1 is 1.52 bits per heavy atom. The van der Waals surface area contributed by atoms with Crippen molar-refractivity contribution in [2.24, 2.45) is 5.92 Å². The van der Waals surface area contributed by atoms with Gasteiger partial charge in [0.2, 0.25) is 11.9 Å². The van der Waals surface area contributed by atoms with E-state index in [1.165, 1.54) is 0 Å². The Morgan fingerprint density at radius 2 is 2.29 bits per heavy atom. The lowest BCUT2D eigenvalue weighted by Crippen LogP contribution is -2.18. The largest absolute Gasteiger partial charge is 0.326 e. The monoisotopic (exact) mass is 288 g/mol. The summed E-state index contributed by atoms with van der Waals surface area (Å²) >= 11 is 0. The highest BCUT2D eigenvalue weighted by Crippen LogP contribution is 2.34. The number of nitrogens with zero attached hydrogens (tertiary/aromatic N) is 3. The first-order chi connectivity index (χ1) is 9.95. The van der Waals surface area contributed by atoms with Crippen LogP contribution in [0.15, 0.2) is 24.4 Å². The molecule has 0 bridgehead atoms. The predicted molar refractivity (Wildman–Crippen MR) is 77.6 cm³/mol. The van der Waals surface area contributed by atoms with E-state index in [1.54, 1.807) is 6.07 Å². The highest BCUT2D eigenvalue weighted by atomic mass is 16.6. The molecular weight excluding hydrogens is 272 g/mol. The number of nitrogens with one attached hydrogen (secondary N) is 1. The van der Waals surface area contributed by atoms with Gasteiger partial charge in [-0.05, 0) is 32.0 Å². The summed E-state index contributed by atoms with van der Waals surface area (Å²) in [6, 6.07) is 4.98. The smallest absolute Gasteiger partial charge is 0.234 e. The maximum atomic E-state index is 11.9. The molecule has 0 spiro atoms. The first-order valence-electron chi connectivity index (χ1n) is 6.89. The van der Waals surface area contributed by atoms with Crippen LogP contribution in [0.25, 0.3) is 10.9 Å². The number of fused-ring (bicyclic) bond motifs is 1. The Kier molecular flexibility index (Phi) is 3.12. The van der Waals surface area contributed by atoms with Crippen LogP contribution in [0.5, 0.6) is 0 Å². The molecule has 7 heteroatoms. The van der Waals surface area contributed by atoms with E-state index in [4.69, 9.17) is 0 Å². The van der Waals surface area contributed by atoms with Gasteiger partial charge < -0.3 is 5.32 Å². The third-order valence-electron chi connectivity index (χ3n) is 3.68. The summed E-state index contributed by atoms with van der Waals surface area (Å²) in [6.45, 7) is 4.08. The molecule has 1 fully saturated rings. The Labute approximate surface area is 121 Å². The minimum Gasteiger partial charge on any atom is -0.326 e. The Hall–Kier alpha value is -2.44. The van der Waals surface area contributed by atoms with Gasteiger partial charge in [-0.2, -0.15) is 5.10 Å². The topological polar surface area (TPSA) is 90.1 Å². The van der Waals surface area contributed by atoms with Gasteiger partial charge in [-0.3, -0.25) is 19.6 Å². The second kappa shape index (κ2) is 4.83. The number of hydrogen-bond acceptors (Lipinski definition) is 4. The van der Waals surface area contributed by atoms with Crippen LogP contribution in [0.3, 0.4) is 0 Å². The fraction of sp³-hybridized carbons (Fsp3) is 0.429. The second-order valence-electron chi connectivity index (χ2n) is 5.66. The highest BCUT2D eigenvalue weighted by Gasteiger charge is 2.53. The maximum absolute atomic E-state index is 11.9. The minimum absolute atomic E-state index is 0.266. The Balaban J connectivity index is 1.75. The van der Waals surface area contributed by atoms with Crippen LogP contribution in [0.4, 0.5) is 5.69 Å². The molecule has 21 heavy (non-hydrogen) atoms. The highest BCUT2D eigenvalue weighted by molar-refractivity contribution is 5.96. The third-order valence-corrected chi connectivity index (χ3v) is 3.68. The number of carbonyl (C=O) groups is 1. The van der Waals surface area contributed by atoms with E-state index in [0.29, 0.717) is 12.1 Å². The normalized spacial score (nSPS) is 20.7. The first-order valence-corrected chi connectivity index (χ1v) is 6.89. The summed E-state index contributed by atoms with van der Waals surface area (Å²) in [5.74, 6) is -0.790. The van der Waals surface area contributed by atoms with Crippen LogP contribution in [-0.2, 0) is 4.79 Å². The Bertz CT molecular complexity index is 722. The summed E-state index contributed by atoms with van der Waals surface area (Å²) < 4.78 is 1.86. The lowest BCUT2D eigenvalue weighted by atomic mass is 10.2. The van der Waals surface area contributed by atoms with Crippen molar-refractivity contribution < 1.29 is 9.72 Å². The fourth-order valence-electron chi connectivity index (χ4n) is 2.32. The van der Waals surface area contributed by atoms with Crippen LogP contribution < -0.4 is 5.32 Å². The number of rotatable bonds is 4. The molecule has 2 unspecified atom stereocenters. The van der Waals surface area contributed by atoms with Crippen molar-refractivity contribution in [3.63, 3.8) is 0 Å².